The molecule has 0 aliphatic rings. The number of hydrogen-bond donors (Lipinski definition) is 3. The molecule has 0 radical (unpaired) electrons. The highest BCUT2D eigenvalue weighted by molar-refractivity contribution is 9.10. The van der Waals surface area contributed by atoms with Gasteiger partial charge in [0, 0.05) is 18.9 Å². The molecule has 2 aromatic heterocycles. The minimum Gasteiger partial charge on any atom is -0.338 e. The molecule has 100 valence electrons. The summed E-state index contributed by atoms with van der Waals surface area (Å²) in [6.45, 7) is 2.42. The Hall–Kier alpha value is -1.89. The van der Waals surface area contributed by atoms with Gasteiger partial charge in [0.05, 0.1) is 22.1 Å². The number of hydrogen-bond acceptors (Lipinski definition) is 3. The molecule has 0 spiro atoms. The Morgan fingerprint density at radius 1 is 1.53 bits per heavy atom. The maximum atomic E-state index is 11.7. The molecule has 0 unspecified atom stereocenters. The summed E-state index contributed by atoms with van der Waals surface area (Å²) >= 11 is 3.39. The first-order chi connectivity index (χ1) is 9.16. The molecule has 0 saturated carbocycles. The fourth-order valence-electron chi connectivity index (χ4n) is 1.55. The molecule has 2 rings (SSSR count). The third kappa shape index (κ3) is 3.78. The number of rotatable bonds is 4. The van der Waals surface area contributed by atoms with E-state index in [1.54, 1.807) is 18.5 Å². The van der Waals surface area contributed by atoms with Crippen LogP contribution in [0.5, 0.6) is 0 Å². The molecule has 0 saturated heterocycles. The molecule has 0 aliphatic heterocycles. The highest BCUT2D eigenvalue weighted by Gasteiger charge is 2.07. The molecule has 0 aliphatic carbocycles. The Labute approximate surface area is 119 Å². The quantitative estimate of drug-likeness (QED) is 0.806. The van der Waals surface area contributed by atoms with Crippen molar-refractivity contribution in [2.75, 3.05) is 11.9 Å². The number of nitrogens with one attached hydrogen (secondary N) is 3. The molecule has 2 aromatic rings. The molecular formula is C12H14BrN5O. The lowest BCUT2D eigenvalue weighted by Gasteiger charge is -2.09. The van der Waals surface area contributed by atoms with Crippen LogP contribution in [0.15, 0.2) is 29.1 Å². The first-order valence-electron chi connectivity index (χ1n) is 5.80. The molecule has 2 amide bonds. The van der Waals surface area contributed by atoms with E-state index >= 15 is 0 Å². The van der Waals surface area contributed by atoms with Crippen LogP contribution >= 0.6 is 15.9 Å². The Bertz CT molecular complexity index is 555. The molecular weight excluding hydrogens is 310 g/mol. The third-order valence-electron chi connectivity index (χ3n) is 2.57. The van der Waals surface area contributed by atoms with E-state index in [1.807, 2.05) is 13.1 Å². The molecule has 0 aromatic carbocycles. The fourth-order valence-corrected chi connectivity index (χ4v) is 1.88. The van der Waals surface area contributed by atoms with Crippen molar-refractivity contribution in [3.05, 3.63) is 40.4 Å². The smallest absolute Gasteiger partial charge is 0.319 e. The third-order valence-corrected chi connectivity index (χ3v) is 3.57. The largest absolute Gasteiger partial charge is 0.338 e. The number of H-pyrrole nitrogens is 1. The van der Waals surface area contributed by atoms with Gasteiger partial charge in [-0.15, -0.1) is 0 Å². The van der Waals surface area contributed by atoms with Gasteiger partial charge in [-0.25, -0.2) is 4.79 Å². The highest BCUT2D eigenvalue weighted by Crippen LogP contribution is 2.23. The number of aromatic amines is 1. The van der Waals surface area contributed by atoms with E-state index in [0.717, 1.165) is 22.2 Å². The van der Waals surface area contributed by atoms with Gasteiger partial charge in [0.1, 0.15) is 0 Å². The fraction of sp³-hybridized carbons (Fsp3) is 0.250. The SMILES string of the molecule is Cc1nccc(NC(=O)NCCc2cn[nH]c2)c1Br. The summed E-state index contributed by atoms with van der Waals surface area (Å²) in [4.78, 5) is 15.8. The van der Waals surface area contributed by atoms with Crippen LogP contribution in [0.3, 0.4) is 0 Å². The summed E-state index contributed by atoms with van der Waals surface area (Å²) in [5.74, 6) is 0. The number of aryl methyl sites for hydroxylation is 1. The highest BCUT2D eigenvalue weighted by atomic mass is 79.9. The number of urea groups is 1. The van der Waals surface area contributed by atoms with Gasteiger partial charge in [-0.1, -0.05) is 0 Å². The van der Waals surface area contributed by atoms with Gasteiger partial charge in [-0.05, 0) is 40.9 Å². The zero-order chi connectivity index (χ0) is 13.7. The molecule has 6 nitrogen and oxygen atoms in total. The van der Waals surface area contributed by atoms with E-state index in [1.165, 1.54) is 0 Å². The monoisotopic (exact) mass is 323 g/mol. The minimum atomic E-state index is -0.241. The average molecular weight is 324 g/mol. The maximum Gasteiger partial charge on any atom is 0.319 e. The number of carbonyl (C=O) groups is 1. The van der Waals surface area contributed by atoms with Gasteiger partial charge >= 0.3 is 6.03 Å². The lowest BCUT2D eigenvalue weighted by Crippen LogP contribution is -2.30. The van der Waals surface area contributed by atoms with Crippen molar-refractivity contribution < 1.29 is 4.79 Å². The maximum absolute atomic E-state index is 11.7. The van der Waals surface area contributed by atoms with Gasteiger partial charge < -0.3 is 10.6 Å². The van der Waals surface area contributed by atoms with Crippen LogP contribution in [0, 0.1) is 6.92 Å². The van der Waals surface area contributed by atoms with E-state index in [9.17, 15) is 4.79 Å². The summed E-state index contributed by atoms with van der Waals surface area (Å²) in [5, 5.41) is 12.1. The second-order valence-corrected chi connectivity index (χ2v) is 4.79. The van der Waals surface area contributed by atoms with Crippen LogP contribution in [-0.4, -0.2) is 27.8 Å². The Balaban J connectivity index is 1.82. The summed E-state index contributed by atoms with van der Waals surface area (Å²) in [6.07, 6.45) is 5.94. The van der Waals surface area contributed by atoms with Crippen molar-refractivity contribution in [2.45, 2.75) is 13.3 Å². The second kappa shape index (κ2) is 6.33. The van der Waals surface area contributed by atoms with Gasteiger partial charge in [-0.2, -0.15) is 5.10 Å². The zero-order valence-corrected chi connectivity index (χ0v) is 12.0. The number of pyridine rings is 1. The van der Waals surface area contributed by atoms with Gasteiger partial charge in [-0.3, -0.25) is 10.1 Å². The van der Waals surface area contributed by atoms with E-state index < -0.39 is 0 Å². The van der Waals surface area contributed by atoms with Crippen LogP contribution in [0.1, 0.15) is 11.3 Å². The van der Waals surface area contributed by atoms with Crippen LogP contribution < -0.4 is 10.6 Å². The van der Waals surface area contributed by atoms with E-state index in [2.05, 4.69) is 41.7 Å². The first-order valence-corrected chi connectivity index (χ1v) is 6.59. The number of halogens is 1. The molecule has 0 atom stereocenters. The number of carbonyl (C=O) groups excluding carboxylic acids is 1. The molecule has 19 heavy (non-hydrogen) atoms. The molecule has 2 heterocycles. The number of anilines is 1. The molecule has 0 bridgehead atoms. The minimum absolute atomic E-state index is 0.241. The summed E-state index contributed by atoms with van der Waals surface area (Å²) in [5.41, 5.74) is 2.59. The summed E-state index contributed by atoms with van der Waals surface area (Å²) < 4.78 is 0.792. The summed E-state index contributed by atoms with van der Waals surface area (Å²) in [7, 11) is 0. The van der Waals surface area contributed by atoms with Crippen molar-refractivity contribution in [2.24, 2.45) is 0 Å². The predicted molar refractivity (Wildman–Crippen MR) is 76.0 cm³/mol. The summed E-state index contributed by atoms with van der Waals surface area (Å²) in [6, 6.07) is 1.50. The standard InChI is InChI=1S/C12H14BrN5O/c1-8-11(13)10(3-5-14-8)18-12(19)15-4-2-9-6-16-17-7-9/h3,5-7H,2,4H2,1H3,(H,16,17)(H2,14,15,18,19). The topological polar surface area (TPSA) is 82.7 Å². The van der Waals surface area contributed by atoms with E-state index in [4.69, 9.17) is 0 Å². The van der Waals surface area contributed by atoms with Crippen LogP contribution in [0.2, 0.25) is 0 Å². The molecule has 7 heteroatoms. The molecule has 0 fully saturated rings. The van der Waals surface area contributed by atoms with E-state index in [0.29, 0.717) is 12.2 Å². The number of aromatic nitrogens is 3. The lowest BCUT2D eigenvalue weighted by molar-refractivity contribution is 0.252. The predicted octanol–water partition coefficient (Wildman–Crippen LogP) is 2.24. The number of nitrogens with zero attached hydrogens (tertiary/aromatic N) is 2. The first kappa shape index (κ1) is 13.5. The van der Waals surface area contributed by atoms with Crippen molar-refractivity contribution in [1.29, 1.82) is 0 Å². The number of amides is 2. The Morgan fingerprint density at radius 2 is 2.37 bits per heavy atom. The van der Waals surface area contributed by atoms with Crippen molar-refractivity contribution in [1.82, 2.24) is 20.5 Å². The van der Waals surface area contributed by atoms with Crippen LogP contribution in [0.25, 0.3) is 0 Å². The zero-order valence-electron chi connectivity index (χ0n) is 10.4. The van der Waals surface area contributed by atoms with Crippen LogP contribution in [0.4, 0.5) is 10.5 Å². The normalized spacial score (nSPS) is 10.2. The second-order valence-electron chi connectivity index (χ2n) is 4.00. The van der Waals surface area contributed by atoms with Crippen molar-refractivity contribution >= 4 is 27.6 Å². The lowest BCUT2D eigenvalue weighted by atomic mass is 10.2. The van der Waals surface area contributed by atoms with Crippen molar-refractivity contribution in [3.63, 3.8) is 0 Å². The average Bonchev–Trinajstić information content (AvgIpc) is 2.88. The van der Waals surface area contributed by atoms with Crippen molar-refractivity contribution in [3.8, 4) is 0 Å². The van der Waals surface area contributed by atoms with Gasteiger partial charge in [0.2, 0.25) is 0 Å². The van der Waals surface area contributed by atoms with E-state index in [-0.39, 0.29) is 6.03 Å². The van der Waals surface area contributed by atoms with Crippen LogP contribution in [-0.2, 0) is 6.42 Å². The Morgan fingerprint density at radius 3 is 3.11 bits per heavy atom. The molecule has 3 N–H and O–H groups in total. The van der Waals surface area contributed by atoms with Gasteiger partial charge in [0.25, 0.3) is 0 Å². The van der Waals surface area contributed by atoms with Gasteiger partial charge in [0.15, 0.2) is 0 Å². The Kier molecular flexibility index (Phi) is 4.51.